The van der Waals surface area contributed by atoms with Crippen LogP contribution < -0.4 is 42.6 Å². The van der Waals surface area contributed by atoms with E-state index >= 15 is 0 Å². The summed E-state index contributed by atoms with van der Waals surface area (Å²) in [4.78, 5) is 31.2. The smallest absolute Gasteiger partial charge is 0.353 e. The van der Waals surface area contributed by atoms with Crippen molar-refractivity contribution in [2.24, 2.45) is 0 Å². The molecule has 0 atom stereocenters. The first-order chi connectivity index (χ1) is 19.9. The topological polar surface area (TPSA) is 137 Å². The lowest BCUT2D eigenvalue weighted by Crippen LogP contribution is -3.00. The van der Waals surface area contributed by atoms with Crippen LogP contribution in [0.25, 0.3) is 27.6 Å². The van der Waals surface area contributed by atoms with E-state index in [1.165, 1.54) is 25.9 Å². The fourth-order valence-corrected chi connectivity index (χ4v) is 4.72. The molecular formula is C31H28ClN3O7. The van der Waals surface area contributed by atoms with Crippen LogP contribution in [0.3, 0.4) is 0 Å². The monoisotopic (exact) mass is 589 g/mol. The van der Waals surface area contributed by atoms with Crippen LogP contribution >= 0.6 is 0 Å². The van der Waals surface area contributed by atoms with Gasteiger partial charge in [-0.1, -0.05) is 6.07 Å². The Labute approximate surface area is 247 Å². The number of halogens is 1. The van der Waals surface area contributed by atoms with Crippen LogP contribution in [0.1, 0.15) is 16.2 Å². The highest BCUT2D eigenvalue weighted by Crippen LogP contribution is 2.44. The van der Waals surface area contributed by atoms with Gasteiger partial charge in [-0.3, -0.25) is 14.3 Å². The molecule has 42 heavy (non-hydrogen) atoms. The SMILES string of the molecule is COc1cc(-c2c(C(=O)O)n(-c3ccc([NH3+])cc3)c(=O)c3cc(OCc4ccccn4)ccc23)cc(OC)c1OC.[Cl-]. The van der Waals surface area contributed by atoms with Gasteiger partial charge in [0.2, 0.25) is 5.75 Å². The Balaban J connectivity index is 0.00000405. The van der Waals surface area contributed by atoms with Crippen molar-refractivity contribution in [1.29, 1.82) is 0 Å². The van der Waals surface area contributed by atoms with Crippen LogP contribution in [-0.4, -0.2) is 42.0 Å². The number of nitrogens with zero attached hydrogens (tertiary/aromatic N) is 2. The molecule has 0 saturated carbocycles. The van der Waals surface area contributed by atoms with E-state index < -0.39 is 11.5 Å². The van der Waals surface area contributed by atoms with Crippen molar-refractivity contribution in [3.63, 3.8) is 0 Å². The summed E-state index contributed by atoms with van der Waals surface area (Å²) in [5, 5.41) is 11.2. The van der Waals surface area contributed by atoms with Gasteiger partial charge >= 0.3 is 5.97 Å². The molecule has 0 spiro atoms. The number of carboxylic acids is 1. The summed E-state index contributed by atoms with van der Waals surface area (Å²) < 4.78 is 23.7. The van der Waals surface area contributed by atoms with Crippen molar-refractivity contribution in [2.75, 3.05) is 21.3 Å². The van der Waals surface area contributed by atoms with Gasteiger partial charge in [-0.2, -0.15) is 0 Å². The average Bonchev–Trinajstić information content (AvgIpc) is 3.00. The zero-order valence-corrected chi connectivity index (χ0v) is 23.8. The van der Waals surface area contributed by atoms with E-state index in [1.807, 2.05) is 18.2 Å². The lowest BCUT2D eigenvalue weighted by atomic mass is 9.95. The number of hydrogen-bond acceptors (Lipinski definition) is 7. The van der Waals surface area contributed by atoms with Crippen LogP contribution in [0, 0.1) is 0 Å². The first kappa shape index (κ1) is 29.9. The number of pyridine rings is 2. The predicted molar refractivity (Wildman–Crippen MR) is 153 cm³/mol. The molecule has 2 aromatic heterocycles. The second-order valence-corrected chi connectivity index (χ2v) is 9.07. The van der Waals surface area contributed by atoms with Crippen molar-refractivity contribution < 1.29 is 47.0 Å². The van der Waals surface area contributed by atoms with E-state index in [1.54, 1.807) is 60.8 Å². The van der Waals surface area contributed by atoms with Gasteiger partial charge in [0.25, 0.3) is 5.56 Å². The van der Waals surface area contributed by atoms with Crippen LogP contribution in [-0.2, 0) is 6.61 Å². The van der Waals surface area contributed by atoms with Crippen molar-refractivity contribution in [3.8, 4) is 39.8 Å². The normalized spacial score (nSPS) is 10.6. The highest BCUT2D eigenvalue weighted by atomic mass is 35.5. The summed E-state index contributed by atoms with van der Waals surface area (Å²) in [5.74, 6) is 0.159. The van der Waals surface area contributed by atoms with Crippen LogP contribution in [0.5, 0.6) is 23.0 Å². The van der Waals surface area contributed by atoms with Crippen molar-refractivity contribution >= 4 is 22.4 Å². The van der Waals surface area contributed by atoms with E-state index in [0.29, 0.717) is 45.2 Å². The Morgan fingerprint density at radius 2 is 1.60 bits per heavy atom. The average molecular weight is 590 g/mol. The Hall–Kier alpha value is -5.06. The number of ether oxygens (including phenoxy) is 4. The predicted octanol–water partition coefficient (Wildman–Crippen LogP) is 1.23. The van der Waals surface area contributed by atoms with Gasteiger partial charge in [-0.15, -0.1) is 0 Å². The second kappa shape index (κ2) is 12.6. The third-order valence-electron chi connectivity index (χ3n) is 6.62. The molecule has 0 unspecified atom stereocenters. The fraction of sp³-hybridized carbons (Fsp3) is 0.129. The maximum absolute atomic E-state index is 14.0. The molecule has 216 valence electrons. The molecule has 0 bridgehead atoms. The van der Waals surface area contributed by atoms with Gasteiger partial charge in [0.05, 0.1) is 32.4 Å². The molecule has 0 aliphatic carbocycles. The van der Waals surface area contributed by atoms with E-state index in [9.17, 15) is 14.7 Å². The number of quaternary nitrogens is 1. The largest absolute Gasteiger partial charge is 1.00 e. The standard InChI is InChI=1S/C31H27N3O7.ClH/c1-38-25-14-18(15-26(39-2)29(25)40-3)27-23-12-11-22(41-17-20-6-4-5-13-33-20)16-24(23)30(35)34(28(27)31(36)37)21-9-7-19(32)8-10-21;/h4-16H,17,32H2,1-3H3,(H,36,37);1H. The van der Waals surface area contributed by atoms with E-state index in [4.69, 9.17) is 18.9 Å². The van der Waals surface area contributed by atoms with Crippen LogP contribution in [0.15, 0.2) is 83.8 Å². The summed E-state index contributed by atoms with van der Waals surface area (Å²) >= 11 is 0. The van der Waals surface area contributed by atoms with Gasteiger partial charge < -0.3 is 42.2 Å². The minimum atomic E-state index is -1.29. The van der Waals surface area contributed by atoms with Crippen molar-refractivity contribution in [3.05, 3.63) is 101 Å². The maximum atomic E-state index is 14.0. The summed E-state index contributed by atoms with van der Waals surface area (Å²) in [6.07, 6.45) is 1.67. The number of carbonyl (C=O) groups is 1. The van der Waals surface area contributed by atoms with Crippen molar-refractivity contribution in [2.45, 2.75) is 6.61 Å². The lowest BCUT2D eigenvalue weighted by molar-refractivity contribution is -0.254. The number of fused-ring (bicyclic) bond motifs is 1. The molecule has 0 aliphatic heterocycles. The molecule has 0 radical (unpaired) electrons. The molecule has 10 nitrogen and oxygen atoms in total. The van der Waals surface area contributed by atoms with E-state index in [2.05, 4.69) is 10.7 Å². The summed E-state index contributed by atoms with van der Waals surface area (Å²) in [7, 11) is 4.44. The Bertz CT molecular complexity index is 1780. The second-order valence-electron chi connectivity index (χ2n) is 9.07. The first-order valence-electron chi connectivity index (χ1n) is 12.6. The lowest BCUT2D eigenvalue weighted by Gasteiger charge is -2.20. The molecule has 0 fully saturated rings. The molecular weight excluding hydrogens is 562 g/mol. The number of rotatable bonds is 9. The molecule has 0 aliphatic rings. The number of benzene rings is 3. The summed E-state index contributed by atoms with van der Waals surface area (Å²) in [6.45, 7) is 0.193. The summed E-state index contributed by atoms with van der Waals surface area (Å²) in [5.41, 5.74) is 5.70. The van der Waals surface area contributed by atoms with Crippen molar-refractivity contribution in [1.82, 2.24) is 9.55 Å². The third-order valence-corrected chi connectivity index (χ3v) is 6.62. The van der Waals surface area contributed by atoms with Gasteiger partial charge in [0, 0.05) is 29.6 Å². The number of aromatic carboxylic acids is 1. The highest BCUT2D eigenvalue weighted by molar-refractivity contribution is 6.07. The quantitative estimate of drug-likeness (QED) is 0.262. The maximum Gasteiger partial charge on any atom is 0.353 e. The minimum absolute atomic E-state index is 0. The molecule has 3 aromatic carbocycles. The Morgan fingerprint density at radius 3 is 2.17 bits per heavy atom. The van der Waals surface area contributed by atoms with Crippen LogP contribution in [0.2, 0.25) is 0 Å². The summed E-state index contributed by atoms with van der Waals surface area (Å²) in [6, 6.07) is 20.5. The molecule has 2 heterocycles. The highest BCUT2D eigenvalue weighted by Gasteiger charge is 2.26. The molecule has 11 heteroatoms. The number of aromatic nitrogens is 2. The van der Waals surface area contributed by atoms with E-state index in [-0.39, 0.29) is 30.1 Å². The Morgan fingerprint density at radius 1 is 0.905 bits per heavy atom. The number of hydrogen-bond donors (Lipinski definition) is 2. The van der Waals surface area contributed by atoms with Gasteiger partial charge in [-0.25, -0.2) is 4.79 Å². The number of carboxylic acid groups (broad SMARTS) is 1. The Kier molecular flexibility index (Phi) is 8.99. The van der Waals surface area contributed by atoms with Gasteiger partial charge in [-0.05, 0) is 65.5 Å². The minimum Gasteiger partial charge on any atom is -1.00 e. The van der Waals surface area contributed by atoms with Gasteiger partial charge in [0.15, 0.2) is 11.5 Å². The molecule has 5 aromatic rings. The molecule has 0 amide bonds. The zero-order valence-electron chi connectivity index (χ0n) is 23.1. The van der Waals surface area contributed by atoms with Gasteiger partial charge in [0.1, 0.15) is 23.7 Å². The number of methoxy groups -OCH3 is 3. The molecule has 0 saturated heterocycles. The van der Waals surface area contributed by atoms with Crippen LogP contribution in [0.4, 0.5) is 5.69 Å². The molecule has 5 rings (SSSR count). The third kappa shape index (κ3) is 5.58. The van der Waals surface area contributed by atoms with E-state index in [0.717, 1.165) is 11.4 Å². The molecule has 4 N–H and O–H groups in total. The fourth-order valence-electron chi connectivity index (χ4n) is 4.72. The zero-order chi connectivity index (χ0) is 29.1. The first-order valence-corrected chi connectivity index (χ1v) is 12.6.